The Balaban J connectivity index is 0.00000576. The van der Waals surface area contributed by atoms with E-state index in [1.807, 2.05) is 14.1 Å². The number of nitrogens with zero attached hydrogens (tertiary/aromatic N) is 4. The van der Waals surface area contributed by atoms with Crippen LogP contribution < -0.4 is 5.32 Å². The Morgan fingerprint density at radius 2 is 1.96 bits per heavy atom. The quantitative estimate of drug-likeness (QED) is 0.245. The van der Waals surface area contributed by atoms with Gasteiger partial charge in [0.05, 0.1) is 6.04 Å². The molecule has 0 aromatic rings. The molecule has 0 spiro atoms. The van der Waals surface area contributed by atoms with Gasteiger partial charge in [0.15, 0.2) is 5.96 Å². The summed E-state index contributed by atoms with van der Waals surface area (Å²) in [6.45, 7) is 9.02. The van der Waals surface area contributed by atoms with E-state index in [1.54, 1.807) is 4.90 Å². The number of unbranched alkanes of at least 4 members (excludes halogenated alkanes) is 1. The molecule has 0 aromatic heterocycles. The van der Waals surface area contributed by atoms with Crippen LogP contribution >= 0.6 is 24.0 Å². The monoisotopic (exact) mass is 467 g/mol. The molecule has 1 N–H and O–H groups in total. The summed E-state index contributed by atoms with van der Waals surface area (Å²) in [6.07, 6.45) is 5.48. The van der Waals surface area contributed by atoms with Crippen molar-refractivity contribution in [2.75, 3.05) is 53.9 Å². The first-order chi connectivity index (χ1) is 11.5. The lowest BCUT2D eigenvalue weighted by molar-refractivity contribution is -0.133. The van der Waals surface area contributed by atoms with Crippen LogP contribution in [0.3, 0.4) is 0 Å². The van der Waals surface area contributed by atoms with Crippen molar-refractivity contribution in [3.05, 3.63) is 0 Å². The Morgan fingerprint density at radius 3 is 2.56 bits per heavy atom. The molecule has 0 aromatic carbocycles. The Kier molecular flexibility index (Phi) is 13.3. The fourth-order valence-corrected chi connectivity index (χ4v) is 3.10. The van der Waals surface area contributed by atoms with Crippen molar-refractivity contribution in [3.8, 4) is 0 Å². The molecule has 1 heterocycles. The molecule has 1 amide bonds. The Morgan fingerprint density at radius 1 is 1.24 bits per heavy atom. The second kappa shape index (κ2) is 13.6. The number of rotatable bonds is 9. The highest BCUT2D eigenvalue weighted by molar-refractivity contribution is 14.0. The third-order valence-corrected chi connectivity index (χ3v) is 4.50. The maximum atomic E-state index is 12.2. The van der Waals surface area contributed by atoms with E-state index >= 15 is 0 Å². The third-order valence-electron chi connectivity index (χ3n) is 4.50. The maximum absolute atomic E-state index is 12.2. The minimum atomic E-state index is 0. The molecule has 148 valence electrons. The molecule has 1 fully saturated rings. The number of guanidine groups is 1. The minimum Gasteiger partial charge on any atom is -0.357 e. The SMILES string of the molecule is CCCCN(C)C(=NCCCN1CCCC1C(=O)N(C)C)NCC.I. The Labute approximate surface area is 171 Å². The highest BCUT2D eigenvalue weighted by atomic mass is 127. The number of carbonyl (C=O) groups excluding carboxylic acids is 1. The predicted octanol–water partition coefficient (Wildman–Crippen LogP) is 2.24. The third kappa shape index (κ3) is 8.57. The molecule has 6 nitrogen and oxygen atoms in total. The number of nitrogens with one attached hydrogen (secondary N) is 1. The summed E-state index contributed by atoms with van der Waals surface area (Å²) in [6, 6.07) is 0.0736. The topological polar surface area (TPSA) is 51.2 Å². The lowest BCUT2D eigenvalue weighted by Crippen LogP contribution is -2.43. The predicted molar refractivity (Wildman–Crippen MR) is 117 cm³/mol. The van der Waals surface area contributed by atoms with E-state index in [4.69, 9.17) is 4.99 Å². The highest BCUT2D eigenvalue weighted by Gasteiger charge is 2.30. The van der Waals surface area contributed by atoms with E-state index in [-0.39, 0.29) is 35.9 Å². The number of likely N-dealkylation sites (tertiary alicyclic amines) is 1. The standard InChI is InChI=1S/C18H37N5O.HI/c1-6-8-13-22(5)18(19-7-2)20-12-10-15-23-14-9-11-16(23)17(24)21(3)4;/h16H,6-15H2,1-5H3,(H,19,20);1H. The van der Waals surface area contributed by atoms with Crippen LogP contribution in [0.5, 0.6) is 0 Å². The fourth-order valence-electron chi connectivity index (χ4n) is 3.10. The van der Waals surface area contributed by atoms with Crippen molar-refractivity contribution in [2.24, 2.45) is 4.99 Å². The maximum Gasteiger partial charge on any atom is 0.239 e. The van der Waals surface area contributed by atoms with Crippen LogP contribution in [0.1, 0.15) is 46.0 Å². The first-order valence-corrected chi connectivity index (χ1v) is 9.45. The number of hydrogen-bond donors (Lipinski definition) is 1. The number of aliphatic imine (C=N–C) groups is 1. The number of amides is 1. The van der Waals surface area contributed by atoms with Crippen molar-refractivity contribution in [1.82, 2.24) is 20.0 Å². The molecule has 0 radical (unpaired) electrons. The largest absolute Gasteiger partial charge is 0.357 e. The Hall–Kier alpha value is -0.570. The summed E-state index contributed by atoms with van der Waals surface area (Å²) in [4.78, 5) is 23.2. The normalized spacial score (nSPS) is 18.0. The number of hydrogen-bond acceptors (Lipinski definition) is 3. The zero-order chi connectivity index (χ0) is 17.9. The average Bonchev–Trinajstić information content (AvgIpc) is 3.02. The molecule has 1 saturated heterocycles. The summed E-state index contributed by atoms with van der Waals surface area (Å²) in [5, 5.41) is 3.36. The summed E-state index contributed by atoms with van der Waals surface area (Å²) in [5.41, 5.74) is 0. The molecule has 1 atom stereocenters. The van der Waals surface area contributed by atoms with Gasteiger partial charge in [0.1, 0.15) is 0 Å². The number of likely N-dealkylation sites (N-methyl/N-ethyl adjacent to an activating group) is 1. The Bertz CT molecular complexity index is 403. The lowest BCUT2D eigenvalue weighted by Gasteiger charge is -2.26. The van der Waals surface area contributed by atoms with Gasteiger partial charge in [0, 0.05) is 47.3 Å². The van der Waals surface area contributed by atoms with Crippen LogP contribution in [0.4, 0.5) is 0 Å². The molecule has 1 aliphatic rings. The van der Waals surface area contributed by atoms with Crippen LogP contribution in [-0.4, -0.2) is 86.5 Å². The molecule has 1 aliphatic heterocycles. The van der Waals surface area contributed by atoms with Crippen LogP contribution in [0.2, 0.25) is 0 Å². The van der Waals surface area contributed by atoms with Gasteiger partial charge in [-0.25, -0.2) is 0 Å². The molecule has 7 heteroatoms. The van der Waals surface area contributed by atoms with Gasteiger partial charge in [-0.15, -0.1) is 24.0 Å². The van der Waals surface area contributed by atoms with Gasteiger partial charge in [-0.3, -0.25) is 14.7 Å². The van der Waals surface area contributed by atoms with Gasteiger partial charge >= 0.3 is 0 Å². The molecule has 0 bridgehead atoms. The van der Waals surface area contributed by atoms with Gasteiger partial charge in [0.25, 0.3) is 0 Å². The molecular formula is C18H38IN5O. The molecule has 1 unspecified atom stereocenters. The number of carbonyl (C=O) groups is 1. The van der Waals surface area contributed by atoms with Crippen LogP contribution in [0.25, 0.3) is 0 Å². The van der Waals surface area contributed by atoms with Crippen molar-refractivity contribution in [3.63, 3.8) is 0 Å². The van der Waals surface area contributed by atoms with Crippen molar-refractivity contribution in [2.45, 2.75) is 52.0 Å². The van der Waals surface area contributed by atoms with Crippen molar-refractivity contribution in [1.29, 1.82) is 0 Å². The van der Waals surface area contributed by atoms with E-state index in [0.29, 0.717) is 0 Å². The van der Waals surface area contributed by atoms with Crippen LogP contribution in [0.15, 0.2) is 4.99 Å². The number of halogens is 1. The van der Waals surface area contributed by atoms with Gasteiger partial charge in [-0.2, -0.15) is 0 Å². The van der Waals surface area contributed by atoms with Gasteiger partial charge in [-0.05, 0) is 39.2 Å². The average molecular weight is 467 g/mol. The highest BCUT2D eigenvalue weighted by Crippen LogP contribution is 2.18. The second-order valence-electron chi connectivity index (χ2n) is 6.79. The van der Waals surface area contributed by atoms with Crippen molar-refractivity contribution >= 4 is 35.8 Å². The van der Waals surface area contributed by atoms with Gasteiger partial charge < -0.3 is 15.1 Å². The summed E-state index contributed by atoms with van der Waals surface area (Å²) >= 11 is 0. The summed E-state index contributed by atoms with van der Waals surface area (Å²) in [7, 11) is 5.79. The lowest BCUT2D eigenvalue weighted by atomic mass is 10.2. The first kappa shape index (κ1) is 24.4. The first-order valence-electron chi connectivity index (χ1n) is 9.45. The van der Waals surface area contributed by atoms with Gasteiger partial charge in [0.2, 0.25) is 5.91 Å². The van der Waals surface area contributed by atoms with Crippen molar-refractivity contribution < 1.29 is 4.79 Å². The summed E-state index contributed by atoms with van der Waals surface area (Å²) in [5.74, 6) is 1.23. The summed E-state index contributed by atoms with van der Waals surface area (Å²) < 4.78 is 0. The molecule has 1 rings (SSSR count). The van der Waals surface area contributed by atoms with Crippen LogP contribution in [0, 0.1) is 0 Å². The molecular weight excluding hydrogens is 429 g/mol. The molecule has 0 aliphatic carbocycles. The van der Waals surface area contributed by atoms with E-state index in [0.717, 1.165) is 57.9 Å². The van der Waals surface area contributed by atoms with Crippen LogP contribution in [-0.2, 0) is 4.79 Å². The van der Waals surface area contributed by atoms with E-state index in [9.17, 15) is 4.79 Å². The van der Waals surface area contributed by atoms with Gasteiger partial charge in [-0.1, -0.05) is 13.3 Å². The zero-order valence-electron chi connectivity index (χ0n) is 16.8. The van der Waals surface area contributed by atoms with E-state index < -0.39 is 0 Å². The molecule has 0 saturated carbocycles. The fraction of sp³-hybridized carbons (Fsp3) is 0.889. The minimum absolute atomic E-state index is 0. The van der Waals surface area contributed by atoms with E-state index in [2.05, 4.69) is 36.0 Å². The second-order valence-corrected chi connectivity index (χ2v) is 6.79. The zero-order valence-corrected chi connectivity index (χ0v) is 19.1. The smallest absolute Gasteiger partial charge is 0.239 e. The van der Waals surface area contributed by atoms with E-state index in [1.165, 1.54) is 12.8 Å². The molecule has 25 heavy (non-hydrogen) atoms.